The molecule has 1 aliphatic heterocycles. The predicted octanol–water partition coefficient (Wildman–Crippen LogP) is 2.25. The summed E-state index contributed by atoms with van der Waals surface area (Å²) in [7, 11) is 3.14. The van der Waals surface area contributed by atoms with Crippen LogP contribution in [0.1, 0.15) is 12.8 Å². The van der Waals surface area contributed by atoms with Crippen molar-refractivity contribution in [1.29, 1.82) is 0 Å². The molecule has 1 fully saturated rings. The minimum Gasteiger partial charge on any atom is -0.493 e. The number of benzene rings is 1. The lowest BCUT2D eigenvalue weighted by Crippen LogP contribution is -2.35. The Bertz CT molecular complexity index is 473. The molecule has 6 nitrogen and oxygen atoms in total. The maximum absolute atomic E-state index is 11.9. The van der Waals surface area contributed by atoms with Crippen molar-refractivity contribution in [2.75, 3.05) is 39.3 Å². The Morgan fingerprint density at radius 1 is 1.24 bits per heavy atom. The second-order valence-electron chi connectivity index (χ2n) is 4.96. The number of methoxy groups -OCH3 is 2. The quantitative estimate of drug-likeness (QED) is 0.874. The largest absolute Gasteiger partial charge is 0.493 e. The molecule has 2 amide bonds. The van der Waals surface area contributed by atoms with E-state index in [4.69, 9.17) is 14.2 Å². The molecule has 0 aliphatic carbocycles. The van der Waals surface area contributed by atoms with Crippen molar-refractivity contribution in [3.8, 4) is 11.5 Å². The van der Waals surface area contributed by atoms with E-state index >= 15 is 0 Å². The highest BCUT2D eigenvalue weighted by Crippen LogP contribution is 2.29. The van der Waals surface area contributed by atoms with Gasteiger partial charge in [-0.3, -0.25) is 0 Å². The van der Waals surface area contributed by atoms with Crippen LogP contribution in [0.5, 0.6) is 11.5 Å². The minimum absolute atomic E-state index is 0.214. The van der Waals surface area contributed by atoms with E-state index < -0.39 is 0 Å². The van der Waals surface area contributed by atoms with Gasteiger partial charge in [0.2, 0.25) is 0 Å². The van der Waals surface area contributed by atoms with Gasteiger partial charge in [0.15, 0.2) is 11.5 Å². The van der Waals surface area contributed by atoms with Gasteiger partial charge in [-0.05, 0) is 30.9 Å². The van der Waals surface area contributed by atoms with Crippen molar-refractivity contribution in [3.05, 3.63) is 18.2 Å². The van der Waals surface area contributed by atoms with E-state index in [2.05, 4.69) is 10.6 Å². The molecule has 0 bridgehead atoms. The van der Waals surface area contributed by atoms with Crippen LogP contribution in [0.4, 0.5) is 10.5 Å². The predicted molar refractivity (Wildman–Crippen MR) is 80.1 cm³/mol. The number of carbonyl (C=O) groups excluding carboxylic acids is 1. The van der Waals surface area contributed by atoms with Gasteiger partial charge in [0.05, 0.1) is 14.2 Å². The summed E-state index contributed by atoms with van der Waals surface area (Å²) in [5, 5.41) is 5.68. The van der Waals surface area contributed by atoms with Crippen LogP contribution < -0.4 is 20.1 Å². The van der Waals surface area contributed by atoms with Crippen molar-refractivity contribution in [2.45, 2.75) is 12.8 Å². The molecule has 2 rings (SSSR count). The summed E-state index contributed by atoms with van der Waals surface area (Å²) in [6, 6.07) is 5.04. The molecule has 0 saturated carbocycles. The summed E-state index contributed by atoms with van der Waals surface area (Å²) in [6.07, 6.45) is 1.99. The number of carbonyl (C=O) groups is 1. The topological polar surface area (TPSA) is 68.8 Å². The van der Waals surface area contributed by atoms with E-state index in [1.807, 2.05) is 0 Å². The van der Waals surface area contributed by atoms with Crippen LogP contribution in [0.15, 0.2) is 18.2 Å². The molecule has 0 aromatic heterocycles. The van der Waals surface area contributed by atoms with Crippen LogP contribution >= 0.6 is 0 Å². The van der Waals surface area contributed by atoms with Gasteiger partial charge in [-0.25, -0.2) is 4.79 Å². The normalized spacial score (nSPS) is 15.3. The molecule has 1 aliphatic rings. The summed E-state index contributed by atoms with van der Waals surface area (Å²) in [6.45, 7) is 2.23. The smallest absolute Gasteiger partial charge is 0.319 e. The fourth-order valence-corrected chi connectivity index (χ4v) is 2.28. The fraction of sp³-hybridized carbons (Fsp3) is 0.533. The lowest BCUT2D eigenvalue weighted by Gasteiger charge is -2.22. The highest BCUT2D eigenvalue weighted by Gasteiger charge is 2.14. The highest BCUT2D eigenvalue weighted by atomic mass is 16.5. The average Bonchev–Trinajstić information content (AvgIpc) is 2.53. The van der Waals surface area contributed by atoms with Crippen LogP contribution in [-0.2, 0) is 4.74 Å². The molecule has 1 heterocycles. The van der Waals surface area contributed by atoms with Gasteiger partial charge in [0, 0.05) is 31.5 Å². The van der Waals surface area contributed by atoms with Crippen LogP contribution in [0.2, 0.25) is 0 Å². The van der Waals surface area contributed by atoms with Gasteiger partial charge in [-0.2, -0.15) is 0 Å². The first-order valence-electron chi connectivity index (χ1n) is 7.07. The van der Waals surface area contributed by atoms with Crippen molar-refractivity contribution >= 4 is 11.7 Å². The SMILES string of the molecule is COc1ccc(NC(=O)NCC2CCOCC2)cc1OC. The Hall–Kier alpha value is -1.95. The van der Waals surface area contributed by atoms with E-state index in [0.717, 1.165) is 26.1 Å². The Labute approximate surface area is 124 Å². The number of urea groups is 1. The zero-order valence-electron chi connectivity index (χ0n) is 12.5. The van der Waals surface area contributed by atoms with Gasteiger partial charge >= 0.3 is 6.03 Å². The number of anilines is 1. The second-order valence-corrected chi connectivity index (χ2v) is 4.96. The van der Waals surface area contributed by atoms with Crippen LogP contribution in [0, 0.1) is 5.92 Å². The van der Waals surface area contributed by atoms with Crippen molar-refractivity contribution in [2.24, 2.45) is 5.92 Å². The summed E-state index contributed by atoms with van der Waals surface area (Å²) in [5.74, 6) is 1.71. The molecular weight excluding hydrogens is 272 g/mol. The van der Waals surface area contributed by atoms with E-state index in [1.165, 1.54) is 0 Å². The standard InChI is InChI=1S/C15H22N2O4/c1-19-13-4-3-12(9-14(13)20-2)17-15(18)16-10-11-5-7-21-8-6-11/h3-4,9,11H,5-8,10H2,1-2H3,(H2,16,17,18). The number of amides is 2. The van der Waals surface area contributed by atoms with Gasteiger partial charge < -0.3 is 24.8 Å². The first kappa shape index (κ1) is 15.4. The van der Waals surface area contributed by atoms with Crippen molar-refractivity contribution in [1.82, 2.24) is 5.32 Å². The first-order valence-corrected chi connectivity index (χ1v) is 7.07. The maximum atomic E-state index is 11.9. The number of hydrogen-bond donors (Lipinski definition) is 2. The maximum Gasteiger partial charge on any atom is 0.319 e. The number of nitrogens with one attached hydrogen (secondary N) is 2. The highest BCUT2D eigenvalue weighted by molar-refractivity contribution is 5.89. The molecule has 2 N–H and O–H groups in total. The molecule has 0 unspecified atom stereocenters. The summed E-state index contributed by atoms with van der Waals surface area (Å²) in [4.78, 5) is 11.9. The second kappa shape index (κ2) is 7.73. The first-order chi connectivity index (χ1) is 10.2. The summed E-state index contributed by atoms with van der Waals surface area (Å²) < 4.78 is 15.7. The van der Waals surface area contributed by atoms with Gasteiger partial charge in [0.1, 0.15) is 0 Å². The molecule has 1 aromatic rings. The Morgan fingerprint density at radius 3 is 2.62 bits per heavy atom. The van der Waals surface area contributed by atoms with Gasteiger partial charge in [-0.1, -0.05) is 0 Å². The number of hydrogen-bond acceptors (Lipinski definition) is 4. The lowest BCUT2D eigenvalue weighted by molar-refractivity contribution is 0.0671. The molecule has 1 aromatic carbocycles. The van der Waals surface area contributed by atoms with Gasteiger partial charge in [-0.15, -0.1) is 0 Å². The average molecular weight is 294 g/mol. The Morgan fingerprint density at radius 2 is 1.95 bits per heavy atom. The van der Waals surface area contributed by atoms with Crippen molar-refractivity contribution in [3.63, 3.8) is 0 Å². The molecular formula is C15H22N2O4. The number of ether oxygens (including phenoxy) is 3. The third-order valence-corrected chi connectivity index (χ3v) is 3.53. The van der Waals surface area contributed by atoms with E-state index in [0.29, 0.717) is 29.6 Å². The van der Waals surface area contributed by atoms with Crippen LogP contribution in [0.3, 0.4) is 0 Å². The third-order valence-electron chi connectivity index (χ3n) is 3.53. The molecule has 0 spiro atoms. The Balaban J connectivity index is 1.84. The van der Waals surface area contributed by atoms with Gasteiger partial charge in [0.25, 0.3) is 0 Å². The molecule has 0 atom stereocenters. The molecule has 6 heteroatoms. The fourth-order valence-electron chi connectivity index (χ4n) is 2.28. The van der Waals surface area contributed by atoms with E-state index in [9.17, 15) is 4.79 Å². The third kappa shape index (κ3) is 4.53. The zero-order valence-corrected chi connectivity index (χ0v) is 12.5. The van der Waals surface area contributed by atoms with Crippen LogP contribution in [0.25, 0.3) is 0 Å². The van der Waals surface area contributed by atoms with Crippen LogP contribution in [-0.4, -0.2) is 40.0 Å². The summed E-state index contributed by atoms with van der Waals surface area (Å²) in [5.41, 5.74) is 0.664. The minimum atomic E-state index is -0.214. The number of rotatable bonds is 5. The van der Waals surface area contributed by atoms with E-state index in [-0.39, 0.29) is 6.03 Å². The molecule has 0 radical (unpaired) electrons. The monoisotopic (exact) mass is 294 g/mol. The Kier molecular flexibility index (Phi) is 5.68. The van der Waals surface area contributed by atoms with Crippen molar-refractivity contribution < 1.29 is 19.0 Å². The zero-order chi connectivity index (χ0) is 15.1. The molecule has 21 heavy (non-hydrogen) atoms. The lowest BCUT2D eigenvalue weighted by atomic mass is 10.0. The molecule has 116 valence electrons. The summed E-state index contributed by atoms with van der Waals surface area (Å²) >= 11 is 0. The van der Waals surface area contributed by atoms with E-state index in [1.54, 1.807) is 32.4 Å². The molecule has 1 saturated heterocycles.